The third-order valence-electron chi connectivity index (χ3n) is 3.03. The second-order valence-corrected chi connectivity index (χ2v) is 7.56. The summed E-state index contributed by atoms with van der Waals surface area (Å²) in [5.41, 5.74) is 0.795. The first-order valence-electron chi connectivity index (χ1n) is 5.51. The van der Waals surface area contributed by atoms with Gasteiger partial charge in [0.2, 0.25) is 0 Å². The molecule has 86 valence electrons. The first-order chi connectivity index (χ1) is 6.87. The summed E-state index contributed by atoms with van der Waals surface area (Å²) < 4.78 is 0.783. The Bertz CT molecular complexity index is 279. The quantitative estimate of drug-likeness (QED) is 0.420. The van der Waals surface area contributed by atoms with Gasteiger partial charge in [-0.3, -0.25) is 0 Å². The van der Waals surface area contributed by atoms with Crippen LogP contribution in [-0.4, -0.2) is 23.5 Å². The highest BCUT2D eigenvalue weighted by atomic mass is 127. The van der Waals surface area contributed by atoms with E-state index in [-0.39, 0.29) is 0 Å². The molecule has 0 N–H and O–H groups in total. The molecule has 3 heteroatoms. The molecule has 0 bridgehead atoms. The normalized spacial score (nSPS) is 34.3. The molecule has 0 saturated heterocycles. The van der Waals surface area contributed by atoms with Gasteiger partial charge in [0.25, 0.3) is 0 Å². The molecule has 1 saturated carbocycles. The maximum Gasteiger partial charge on any atom is 0.0889 e. The van der Waals surface area contributed by atoms with Crippen LogP contribution in [0.4, 0.5) is 0 Å². The molecule has 1 rings (SSSR count). The summed E-state index contributed by atoms with van der Waals surface area (Å²) in [4.78, 5) is 8.05. The lowest BCUT2D eigenvalue weighted by Gasteiger charge is -2.44. The minimum absolute atomic E-state index is 0.339. The molecular formula is C12H21IN2. The molecule has 1 aliphatic rings. The van der Waals surface area contributed by atoms with Crippen LogP contribution in [0.5, 0.6) is 0 Å². The lowest BCUT2D eigenvalue weighted by molar-refractivity contribution is 0.116. The lowest BCUT2D eigenvalue weighted by atomic mass is 9.64. The van der Waals surface area contributed by atoms with E-state index in [0.29, 0.717) is 10.8 Å². The number of hydrogen-bond donors (Lipinski definition) is 0. The number of alkyl halides is 1. The van der Waals surface area contributed by atoms with Crippen molar-refractivity contribution >= 4 is 28.6 Å². The van der Waals surface area contributed by atoms with Crippen molar-refractivity contribution < 1.29 is 0 Å². The minimum Gasteiger partial charge on any atom is -0.229 e. The van der Waals surface area contributed by atoms with Gasteiger partial charge in [0.1, 0.15) is 0 Å². The summed E-state index contributed by atoms with van der Waals surface area (Å²) in [5, 5.41) is 0. The Morgan fingerprint density at radius 1 is 1.33 bits per heavy atom. The van der Waals surface area contributed by atoms with Crippen LogP contribution >= 0.6 is 22.6 Å². The maximum atomic E-state index is 4.27. The number of hydrogen-bond acceptors (Lipinski definition) is 2. The van der Waals surface area contributed by atoms with Crippen molar-refractivity contribution in [1.82, 2.24) is 0 Å². The molecule has 0 aromatic heterocycles. The first-order valence-corrected chi connectivity index (χ1v) is 6.76. The summed E-state index contributed by atoms with van der Waals surface area (Å²) in [6.45, 7) is 7.95. The Morgan fingerprint density at radius 3 is 2.53 bits per heavy atom. The topological polar surface area (TPSA) is 24.7 Å². The van der Waals surface area contributed by atoms with Gasteiger partial charge in [-0.05, 0) is 30.1 Å². The Hall–Kier alpha value is 0.110. The minimum atomic E-state index is 0.339. The fraction of sp³-hybridized carbons (Fsp3) is 0.917. The van der Waals surface area contributed by atoms with Gasteiger partial charge in [0.15, 0.2) is 0 Å². The molecule has 0 aromatic rings. The van der Waals surface area contributed by atoms with E-state index in [1.54, 1.807) is 7.05 Å². The van der Waals surface area contributed by atoms with Crippen LogP contribution < -0.4 is 0 Å². The van der Waals surface area contributed by atoms with Crippen LogP contribution in [0, 0.1) is 10.8 Å². The van der Waals surface area contributed by atoms with Crippen molar-refractivity contribution in [3.8, 4) is 0 Å². The summed E-state index contributed by atoms with van der Waals surface area (Å²) in [7, 11) is 1.72. The van der Waals surface area contributed by atoms with Crippen LogP contribution in [0.3, 0.4) is 0 Å². The molecular weight excluding hydrogens is 299 g/mol. The van der Waals surface area contributed by atoms with Gasteiger partial charge in [-0.25, -0.2) is 9.98 Å². The van der Waals surface area contributed by atoms with Crippen molar-refractivity contribution in [2.24, 2.45) is 20.8 Å². The molecule has 0 amide bonds. The monoisotopic (exact) mass is 320 g/mol. The van der Waals surface area contributed by atoms with E-state index in [2.05, 4.69) is 59.4 Å². The van der Waals surface area contributed by atoms with Crippen LogP contribution in [-0.2, 0) is 0 Å². The highest BCUT2D eigenvalue weighted by Crippen LogP contribution is 2.48. The average molecular weight is 320 g/mol. The Balaban J connectivity index is 2.70. The van der Waals surface area contributed by atoms with E-state index < -0.39 is 0 Å². The van der Waals surface area contributed by atoms with E-state index in [4.69, 9.17) is 0 Å². The van der Waals surface area contributed by atoms with Crippen LogP contribution in [0.15, 0.2) is 9.98 Å². The van der Waals surface area contributed by atoms with Crippen LogP contribution in [0.25, 0.3) is 0 Å². The molecule has 0 aliphatic heterocycles. The van der Waals surface area contributed by atoms with E-state index in [9.17, 15) is 0 Å². The third-order valence-corrected chi connectivity index (χ3v) is 3.91. The highest BCUT2D eigenvalue weighted by molar-refractivity contribution is 14.1. The molecule has 2 unspecified atom stereocenters. The fourth-order valence-corrected chi connectivity index (χ4v) is 5.18. The first kappa shape index (κ1) is 13.2. The van der Waals surface area contributed by atoms with Gasteiger partial charge in [-0.1, -0.05) is 43.4 Å². The fourth-order valence-electron chi connectivity index (χ4n) is 2.92. The second-order valence-electron chi connectivity index (χ2n) is 5.80. The second kappa shape index (κ2) is 4.96. The number of halogens is 1. The average Bonchev–Trinajstić information content (AvgIpc) is 1.98. The zero-order valence-corrected chi connectivity index (χ0v) is 12.3. The number of aliphatic imine (C=N–C) groups is 2. The van der Waals surface area contributed by atoms with Crippen molar-refractivity contribution in [2.45, 2.75) is 44.0 Å². The standard InChI is InChI=1S/C12H21IN2/c1-11(2)5-10(13)6-12(3,7-11)8-15-9-14-4/h10H,5-8H2,1-4H3. The molecule has 15 heavy (non-hydrogen) atoms. The Kier molecular flexibility index (Phi) is 4.36. The van der Waals surface area contributed by atoms with Crippen molar-refractivity contribution in [1.29, 1.82) is 0 Å². The van der Waals surface area contributed by atoms with E-state index in [1.807, 2.05) is 0 Å². The van der Waals surface area contributed by atoms with Gasteiger partial charge >= 0.3 is 0 Å². The van der Waals surface area contributed by atoms with E-state index in [1.165, 1.54) is 19.3 Å². The zero-order valence-electron chi connectivity index (χ0n) is 10.2. The SMILES string of the molecule is CN=C=NCC1(C)CC(I)CC(C)(C)C1. The van der Waals surface area contributed by atoms with Gasteiger partial charge in [0.05, 0.1) is 12.6 Å². The van der Waals surface area contributed by atoms with Gasteiger partial charge in [0, 0.05) is 11.0 Å². The van der Waals surface area contributed by atoms with Gasteiger partial charge < -0.3 is 0 Å². The molecule has 0 heterocycles. The zero-order chi connectivity index (χ0) is 11.5. The summed E-state index contributed by atoms with van der Waals surface area (Å²) >= 11 is 2.58. The van der Waals surface area contributed by atoms with Crippen LogP contribution in [0.2, 0.25) is 0 Å². The van der Waals surface area contributed by atoms with Crippen LogP contribution in [0.1, 0.15) is 40.0 Å². The largest absolute Gasteiger partial charge is 0.229 e. The van der Waals surface area contributed by atoms with E-state index >= 15 is 0 Å². The summed E-state index contributed by atoms with van der Waals surface area (Å²) in [6, 6.07) is 2.71. The van der Waals surface area contributed by atoms with Crippen molar-refractivity contribution in [3.63, 3.8) is 0 Å². The molecule has 0 aromatic carbocycles. The highest BCUT2D eigenvalue weighted by Gasteiger charge is 2.40. The Labute approximate surface area is 107 Å². The van der Waals surface area contributed by atoms with Crippen molar-refractivity contribution in [2.75, 3.05) is 13.6 Å². The third kappa shape index (κ3) is 4.23. The van der Waals surface area contributed by atoms with Gasteiger partial charge in [-0.15, -0.1) is 0 Å². The maximum absolute atomic E-state index is 4.27. The Morgan fingerprint density at radius 2 is 2.00 bits per heavy atom. The molecule has 1 fully saturated rings. The van der Waals surface area contributed by atoms with Gasteiger partial charge in [-0.2, -0.15) is 0 Å². The van der Waals surface area contributed by atoms with E-state index in [0.717, 1.165) is 10.5 Å². The summed E-state index contributed by atoms with van der Waals surface area (Å²) in [5.74, 6) is 0. The number of nitrogens with zero attached hydrogens (tertiary/aromatic N) is 2. The molecule has 2 atom stereocenters. The summed E-state index contributed by atoms with van der Waals surface area (Å²) in [6.07, 6.45) is 3.86. The predicted octanol–water partition coefficient (Wildman–Crippen LogP) is 3.81. The molecule has 2 nitrogen and oxygen atoms in total. The molecule has 0 radical (unpaired) electrons. The lowest BCUT2D eigenvalue weighted by Crippen LogP contribution is -2.37. The smallest absolute Gasteiger partial charge is 0.0889 e. The molecule has 0 spiro atoms. The predicted molar refractivity (Wildman–Crippen MR) is 74.2 cm³/mol. The van der Waals surface area contributed by atoms with Crippen molar-refractivity contribution in [3.05, 3.63) is 0 Å². The molecule has 1 aliphatic carbocycles. The number of rotatable bonds is 2.